The minimum Gasteiger partial charge on any atom is -0.392 e. The van der Waals surface area contributed by atoms with Gasteiger partial charge in [-0.2, -0.15) is 0 Å². The van der Waals surface area contributed by atoms with Gasteiger partial charge in [0.2, 0.25) is 0 Å². The van der Waals surface area contributed by atoms with E-state index < -0.39 is 0 Å². The molecule has 0 atom stereocenters. The summed E-state index contributed by atoms with van der Waals surface area (Å²) in [4.78, 5) is 11.4. The molecular formula is C15H16N4O. The van der Waals surface area contributed by atoms with Crippen molar-refractivity contribution < 1.29 is 5.11 Å². The maximum atomic E-state index is 9.38. The number of aliphatic hydroxyl groups excluding tert-OH is 1. The first-order valence-electron chi connectivity index (χ1n) is 6.54. The van der Waals surface area contributed by atoms with Crippen LogP contribution in [0.3, 0.4) is 0 Å². The number of aryl methyl sites for hydroxylation is 1. The summed E-state index contributed by atoms with van der Waals surface area (Å²) in [6, 6.07) is 6.10. The van der Waals surface area contributed by atoms with Crippen LogP contribution in [-0.2, 0) is 13.0 Å². The van der Waals surface area contributed by atoms with Gasteiger partial charge >= 0.3 is 0 Å². The molecule has 0 spiro atoms. The standard InChI is InChI=1S/C15H16N4O/c1-2-9-3-10(7-20)5-11(4-9)12-6-17-14-13(12)18-8-19-15(14)16/h3-6,8,17,20H,2,7H2,1H3,(H2,16,18,19). The summed E-state index contributed by atoms with van der Waals surface area (Å²) < 4.78 is 0. The van der Waals surface area contributed by atoms with E-state index in [4.69, 9.17) is 5.73 Å². The van der Waals surface area contributed by atoms with E-state index in [9.17, 15) is 5.11 Å². The fourth-order valence-electron chi connectivity index (χ4n) is 2.39. The predicted molar refractivity (Wildman–Crippen MR) is 79.0 cm³/mol. The van der Waals surface area contributed by atoms with Crippen LogP contribution in [0.2, 0.25) is 0 Å². The normalized spacial score (nSPS) is 11.1. The Morgan fingerprint density at radius 1 is 1.20 bits per heavy atom. The van der Waals surface area contributed by atoms with Crippen molar-refractivity contribution in [2.45, 2.75) is 20.0 Å². The lowest BCUT2D eigenvalue weighted by Gasteiger charge is -2.06. The summed E-state index contributed by atoms with van der Waals surface area (Å²) >= 11 is 0. The molecule has 2 heterocycles. The number of nitrogens with one attached hydrogen (secondary N) is 1. The number of aromatic nitrogens is 3. The van der Waals surface area contributed by atoms with Crippen molar-refractivity contribution >= 4 is 16.9 Å². The highest BCUT2D eigenvalue weighted by Gasteiger charge is 2.11. The molecule has 0 aliphatic carbocycles. The molecular weight excluding hydrogens is 252 g/mol. The molecule has 0 aliphatic heterocycles. The van der Waals surface area contributed by atoms with Gasteiger partial charge in [0, 0.05) is 11.8 Å². The third kappa shape index (κ3) is 2.02. The van der Waals surface area contributed by atoms with Crippen molar-refractivity contribution in [2.24, 2.45) is 0 Å². The lowest BCUT2D eigenvalue weighted by Crippen LogP contribution is -1.93. The van der Waals surface area contributed by atoms with E-state index in [0.29, 0.717) is 5.82 Å². The second kappa shape index (κ2) is 4.94. The van der Waals surface area contributed by atoms with Gasteiger partial charge in [-0.05, 0) is 29.2 Å². The molecule has 3 aromatic rings. The van der Waals surface area contributed by atoms with E-state index in [1.165, 1.54) is 11.9 Å². The summed E-state index contributed by atoms with van der Waals surface area (Å²) in [6.07, 6.45) is 4.26. The van der Waals surface area contributed by atoms with Crippen molar-refractivity contribution in [1.29, 1.82) is 0 Å². The van der Waals surface area contributed by atoms with Gasteiger partial charge in [0.1, 0.15) is 17.4 Å². The van der Waals surface area contributed by atoms with Crippen LogP contribution in [0.4, 0.5) is 5.82 Å². The van der Waals surface area contributed by atoms with Crippen LogP contribution in [0, 0.1) is 0 Å². The number of rotatable bonds is 3. The number of nitrogen functional groups attached to an aromatic ring is 1. The number of hydrogen-bond acceptors (Lipinski definition) is 4. The lowest BCUT2D eigenvalue weighted by atomic mass is 10.00. The van der Waals surface area contributed by atoms with Crippen LogP contribution in [0.25, 0.3) is 22.2 Å². The van der Waals surface area contributed by atoms with Crippen molar-refractivity contribution in [3.63, 3.8) is 0 Å². The number of nitrogens with two attached hydrogens (primary N) is 1. The molecule has 0 bridgehead atoms. The van der Waals surface area contributed by atoms with Crippen LogP contribution in [0.1, 0.15) is 18.1 Å². The van der Waals surface area contributed by atoms with Gasteiger partial charge in [-0.15, -0.1) is 0 Å². The first-order chi connectivity index (χ1) is 9.72. The van der Waals surface area contributed by atoms with Gasteiger partial charge in [-0.3, -0.25) is 0 Å². The van der Waals surface area contributed by atoms with E-state index >= 15 is 0 Å². The van der Waals surface area contributed by atoms with Crippen LogP contribution in [0.15, 0.2) is 30.7 Å². The van der Waals surface area contributed by atoms with Crippen LogP contribution in [-0.4, -0.2) is 20.1 Å². The Morgan fingerprint density at radius 3 is 2.75 bits per heavy atom. The van der Waals surface area contributed by atoms with E-state index in [1.807, 2.05) is 18.3 Å². The number of fused-ring (bicyclic) bond motifs is 1. The van der Waals surface area contributed by atoms with Gasteiger partial charge < -0.3 is 15.8 Å². The number of H-pyrrole nitrogens is 1. The van der Waals surface area contributed by atoms with Gasteiger partial charge in [-0.25, -0.2) is 9.97 Å². The Bertz CT molecular complexity index is 741. The van der Waals surface area contributed by atoms with Gasteiger partial charge in [0.15, 0.2) is 5.82 Å². The molecule has 5 nitrogen and oxygen atoms in total. The van der Waals surface area contributed by atoms with Gasteiger partial charge in [-0.1, -0.05) is 19.1 Å². The predicted octanol–water partition coefficient (Wildman–Crippen LogP) is 2.26. The zero-order chi connectivity index (χ0) is 14.1. The molecule has 0 unspecified atom stereocenters. The zero-order valence-corrected chi connectivity index (χ0v) is 11.2. The molecule has 102 valence electrons. The van der Waals surface area contributed by atoms with Crippen LogP contribution >= 0.6 is 0 Å². The van der Waals surface area contributed by atoms with E-state index in [0.717, 1.165) is 34.1 Å². The van der Waals surface area contributed by atoms with Crippen LogP contribution < -0.4 is 5.73 Å². The fraction of sp³-hybridized carbons (Fsp3) is 0.200. The molecule has 0 aliphatic rings. The topological polar surface area (TPSA) is 87.8 Å². The smallest absolute Gasteiger partial charge is 0.151 e. The average Bonchev–Trinajstić information content (AvgIpc) is 2.92. The van der Waals surface area contributed by atoms with Gasteiger partial charge in [0.25, 0.3) is 0 Å². The maximum absolute atomic E-state index is 9.38. The molecule has 0 saturated heterocycles. The van der Waals surface area contributed by atoms with Crippen molar-refractivity contribution in [2.75, 3.05) is 5.73 Å². The number of nitrogens with zero attached hydrogens (tertiary/aromatic N) is 2. The number of anilines is 1. The maximum Gasteiger partial charge on any atom is 0.151 e. The largest absolute Gasteiger partial charge is 0.392 e. The van der Waals surface area contributed by atoms with Gasteiger partial charge in [0.05, 0.1) is 6.61 Å². The van der Waals surface area contributed by atoms with E-state index in [-0.39, 0.29) is 6.61 Å². The SMILES string of the molecule is CCc1cc(CO)cc(-c2c[nH]c3c(N)ncnc23)c1. The molecule has 0 saturated carbocycles. The second-order valence-corrected chi connectivity index (χ2v) is 4.73. The Labute approximate surface area is 116 Å². The number of benzene rings is 1. The summed E-state index contributed by atoms with van der Waals surface area (Å²) in [5, 5.41) is 9.38. The second-order valence-electron chi connectivity index (χ2n) is 4.73. The molecule has 20 heavy (non-hydrogen) atoms. The Hall–Kier alpha value is -2.40. The molecule has 5 heteroatoms. The third-order valence-corrected chi connectivity index (χ3v) is 3.45. The number of aliphatic hydroxyl groups is 1. The molecule has 3 rings (SSSR count). The fourth-order valence-corrected chi connectivity index (χ4v) is 2.39. The lowest BCUT2D eigenvalue weighted by molar-refractivity contribution is 0.282. The minimum atomic E-state index is 0.0281. The molecule has 4 N–H and O–H groups in total. The highest BCUT2D eigenvalue weighted by atomic mass is 16.3. The number of hydrogen-bond donors (Lipinski definition) is 3. The summed E-state index contributed by atoms with van der Waals surface area (Å²) in [7, 11) is 0. The van der Waals surface area contributed by atoms with Crippen LogP contribution in [0.5, 0.6) is 0 Å². The Kier molecular flexibility index (Phi) is 3.12. The first-order valence-corrected chi connectivity index (χ1v) is 6.54. The summed E-state index contributed by atoms with van der Waals surface area (Å²) in [6.45, 7) is 2.12. The average molecular weight is 268 g/mol. The molecule has 0 fully saturated rings. The highest BCUT2D eigenvalue weighted by molar-refractivity contribution is 5.96. The van der Waals surface area contributed by atoms with Crippen molar-refractivity contribution in [3.8, 4) is 11.1 Å². The highest BCUT2D eigenvalue weighted by Crippen LogP contribution is 2.30. The first kappa shape index (κ1) is 12.6. The Morgan fingerprint density at radius 2 is 2.00 bits per heavy atom. The monoisotopic (exact) mass is 268 g/mol. The number of aromatic amines is 1. The summed E-state index contributed by atoms with van der Waals surface area (Å²) in [5.74, 6) is 0.440. The quantitative estimate of drug-likeness (QED) is 0.680. The third-order valence-electron chi connectivity index (χ3n) is 3.45. The molecule has 0 amide bonds. The van der Waals surface area contributed by atoms with Crippen molar-refractivity contribution in [1.82, 2.24) is 15.0 Å². The van der Waals surface area contributed by atoms with Crippen molar-refractivity contribution in [3.05, 3.63) is 41.9 Å². The summed E-state index contributed by atoms with van der Waals surface area (Å²) in [5.41, 5.74) is 11.5. The van der Waals surface area contributed by atoms with E-state index in [2.05, 4.69) is 27.9 Å². The van der Waals surface area contributed by atoms with E-state index in [1.54, 1.807) is 0 Å². The molecule has 0 radical (unpaired) electrons. The molecule has 2 aromatic heterocycles. The molecule has 1 aromatic carbocycles. The Balaban J connectivity index is 2.22. The minimum absolute atomic E-state index is 0.0281. The zero-order valence-electron chi connectivity index (χ0n) is 11.2.